The van der Waals surface area contributed by atoms with Crippen molar-refractivity contribution >= 4 is 21.6 Å². The Hall–Kier alpha value is -2.76. The lowest BCUT2D eigenvalue weighted by atomic mass is 10.0. The van der Waals surface area contributed by atoms with Gasteiger partial charge in [-0.3, -0.25) is 9.36 Å². The number of thiophene rings is 1. The summed E-state index contributed by atoms with van der Waals surface area (Å²) in [6.45, 7) is 7.09. The first-order valence-electron chi connectivity index (χ1n) is 9.66. The van der Waals surface area contributed by atoms with E-state index >= 15 is 0 Å². The van der Waals surface area contributed by atoms with Crippen LogP contribution >= 0.6 is 11.3 Å². The van der Waals surface area contributed by atoms with Crippen LogP contribution in [0.15, 0.2) is 53.3 Å². The molecule has 0 amide bonds. The molecule has 4 aromatic rings. The summed E-state index contributed by atoms with van der Waals surface area (Å²) in [4.78, 5) is 20.5. The van der Waals surface area contributed by atoms with Gasteiger partial charge in [0, 0.05) is 23.1 Å². The smallest absolute Gasteiger partial charge is 0.263 e. The van der Waals surface area contributed by atoms with Gasteiger partial charge in [-0.1, -0.05) is 53.6 Å². The highest BCUT2D eigenvalue weighted by Crippen LogP contribution is 2.36. The number of hydrogen-bond acceptors (Lipinski definition) is 4. The van der Waals surface area contributed by atoms with E-state index in [0.29, 0.717) is 24.4 Å². The molecule has 0 saturated carbocycles. The molecule has 0 atom stereocenters. The molecule has 0 unspecified atom stereocenters. The minimum atomic E-state index is -0.0107. The van der Waals surface area contributed by atoms with Crippen LogP contribution in [0.25, 0.3) is 32.7 Å². The molecule has 0 aliphatic rings. The SMILES string of the molecule is COCCn1c(-c2cccc(C)c2)nc2sc(C)c(-c3ccc(C)cc3)c2c1=O. The largest absolute Gasteiger partial charge is 0.383 e. The minimum absolute atomic E-state index is 0.0107. The van der Waals surface area contributed by atoms with Gasteiger partial charge < -0.3 is 4.74 Å². The van der Waals surface area contributed by atoms with Crippen LogP contribution in [0.5, 0.6) is 0 Å². The van der Waals surface area contributed by atoms with E-state index in [9.17, 15) is 4.79 Å². The second kappa shape index (κ2) is 7.93. The van der Waals surface area contributed by atoms with Crippen molar-refractivity contribution in [1.82, 2.24) is 9.55 Å². The third-order valence-corrected chi connectivity index (χ3v) is 6.12. The molecule has 148 valence electrons. The molecule has 2 aromatic heterocycles. The second-order valence-electron chi connectivity index (χ2n) is 7.33. The maximum atomic E-state index is 13.7. The quantitative estimate of drug-likeness (QED) is 0.449. The van der Waals surface area contributed by atoms with Crippen LogP contribution in [0.2, 0.25) is 0 Å². The Labute approximate surface area is 174 Å². The number of ether oxygens (including phenoxy) is 1. The molecule has 5 heteroatoms. The molecule has 0 fully saturated rings. The number of benzene rings is 2. The maximum absolute atomic E-state index is 13.7. The summed E-state index contributed by atoms with van der Waals surface area (Å²) in [5, 5.41) is 0.698. The molecule has 2 heterocycles. The summed E-state index contributed by atoms with van der Waals surface area (Å²) in [7, 11) is 1.65. The Morgan fingerprint density at radius 1 is 1.00 bits per heavy atom. The van der Waals surface area contributed by atoms with Gasteiger partial charge in [0.2, 0.25) is 0 Å². The zero-order chi connectivity index (χ0) is 20.5. The van der Waals surface area contributed by atoms with Gasteiger partial charge in [0.25, 0.3) is 5.56 Å². The van der Waals surface area contributed by atoms with Crippen molar-refractivity contribution in [3.63, 3.8) is 0 Å². The highest BCUT2D eigenvalue weighted by molar-refractivity contribution is 7.19. The van der Waals surface area contributed by atoms with Crippen molar-refractivity contribution in [2.75, 3.05) is 13.7 Å². The van der Waals surface area contributed by atoms with E-state index in [4.69, 9.17) is 9.72 Å². The van der Waals surface area contributed by atoms with E-state index < -0.39 is 0 Å². The van der Waals surface area contributed by atoms with Gasteiger partial charge in [-0.05, 0) is 32.4 Å². The highest BCUT2D eigenvalue weighted by atomic mass is 32.1. The third kappa shape index (κ3) is 3.63. The van der Waals surface area contributed by atoms with Crippen molar-refractivity contribution in [1.29, 1.82) is 0 Å². The summed E-state index contributed by atoms with van der Waals surface area (Å²) < 4.78 is 7.03. The van der Waals surface area contributed by atoms with E-state index in [1.807, 2.05) is 25.1 Å². The molecular formula is C24H24N2O2S. The fourth-order valence-electron chi connectivity index (χ4n) is 3.66. The third-order valence-electron chi connectivity index (χ3n) is 5.12. The van der Waals surface area contributed by atoms with E-state index in [-0.39, 0.29) is 5.56 Å². The Morgan fingerprint density at radius 2 is 1.76 bits per heavy atom. The van der Waals surface area contributed by atoms with Crippen LogP contribution in [0.4, 0.5) is 0 Å². The summed E-state index contributed by atoms with van der Waals surface area (Å²) in [6, 6.07) is 16.4. The van der Waals surface area contributed by atoms with Gasteiger partial charge >= 0.3 is 0 Å². The van der Waals surface area contributed by atoms with Gasteiger partial charge in [-0.2, -0.15) is 0 Å². The lowest BCUT2D eigenvalue weighted by Gasteiger charge is -2.13. The maximum Gasteiger partial charge on any atom is 0.263 e. The predicted octanol–water partition coefficient (Wildman–Crippen LogP) is 5.36. The van der Waals surface area contributed by atoms with Crippen LogP contribution in [0.3, 0.4) is 0 Å². The Kier molecular flexibility index (Phi) is 5.35. The van der Waals surface area contributed by atoms with Gasteiger partial charge in [0.1, 0.15) is 10.7 Å². The standard InChI is InChI=1S/C24H24N2O2S/c1-15-8-10-18(11-9-15)20-17(3)29-23-21(20)24(27)26(12-13-28-4)22(25-23)19-7-5-6-16(2)14-19/h5-11,14H,12-13H2,1-4H3. The number of rotatable bonds is 5. The van der Waals surface area contributed by atoms with Crippen molar-refractivity contribution in [3.05, 3.63) is 74.9 Å². The molecule has 0 spiro atoms. The van der Waals surface area contributed by atoms with Gasteiger partial charge in [0.15, 0.2) is 0 Å². The highest BCUT2D eigenvalue weighted by Gasteiger charge is 2.20. The zero-order valence-corrected chi connectivity index (χ0v) is 18.0. The number of fused-ring (bicyclic) bond motifs is 1. The topological polar surface area (TPSA) is 44.1 Å². The van der Waals surface area contributed by atoms with Crippen molar-refractivity contribution in [2.24, 2.45) is 0 Å². The van der Waals surface area contributed by atoms with Gasteiger partial charge in [0.05, 0.1) is 18.5 Å². The number of hydrogen-bond donors (Lipinski definition) is 0. The lowest BCUT2D eigenvalue weighted by Crippen LogP contribution is -2.25. The summed E-state index contributed by atoms with van der Waals surface area (Å²) in [6.07, 6.45) is 0. The number of methoxy groups -OCH3 is 1. The summed E-state index contributed by atoms with van der Waals surface area (Å²) in [5.74, 6) is 0.694. The van der Waals surface area contributed by atoms with Gasteiger partial charge in [-0.15, -0.1) is 11.3 Å². The molecular weight excluding hydrogens is 380 g/mol. The molecule has 4 nitrogen and oxygen atoms in total. The Bertz CT molecular complexity index is 1240. The van der Waals surface area contributed by atoms with Crippen LogP contribution < -0.4 is 5.56 Å². The zero-order valence-electron chi connectivity index (χ0n) is 17.2. The summed E-state index contributed by atoms with van der Waals surface area (Å²) in [5.41, 5.74) is 5.32. The van der Waals surface area contributed by atoms with Crippen LogP contribution in [0.1, 0.15) is 16.0 Å². The summed E-state index contributed by atoms with van der Waals surface area (Å²) >= 11 is 1.58. The first-order chi connectivity index (χ1) is 14.0. The molecule has 0 N–H and O–H groups in total. The second-order valence-corrected chi connectivity index (χ2v) is 8.54. The van der Waals surface area contributed by atoms with E-state index in [1.165, 1.54) is 5.56 Å². The van der Waals surface area contributed by atoms with Crippen LogP contribution in [-0.4, -0.2) is 23.3 Å². The monoisotopic (exact) mass is 404 g/mol. The van der Waals surface area contributed by atoms with E-state index in [0.717, 1.165) is 32.0 Å². The molecule has 0 aliphatic carbocycles. The Balaban J connectivity index is 2.02. The normalized spacial score (nSPS) is 11.3. The molecule has 4 rings (SSSR count). The Morgan fingerprint density at radius 3 is 2.45 bits per heavy atom. The van der Waals surface area contributed by atoms with E-state index in [1.54, 1.807) is 23.0 Å². The molecule has 0 saturated heterocycles. The molecule has 2 aromatic carbocycles. The van der Waals surface area contributed by atoms with Crippen molar-refractivity contribution in [2.45, 2.75) is 27.3 Å². The lowest BCUT2D eigenvalue weighted by molar-refractivity contribution is 0.186. The van der Waals surface area contributed by atoms with Crippen molar-refractivity contribution < 1.29 is 4.74 Å². The number of nitrogens with zero attached hydrogens (tertiary/aromatic N) is 2. The molecule has 29 heavy (non-hydrogen) atoms. The average molecular weight is 405 g/mol. The van der Waals surface area contributed by atoms with Crippen LogP contribution in [0, 0.1) is 20.8 Å². The minimum Gasteiger partial charge on any atom is -0.383 e. The molecule has 0 radical (unpaired) electrons. The fraction of sp³-hybridized carbons (Fsp3) is 0.250. The first-order valence-corrected chi connectivity index (χ1v) is 10.5. The van der Waals surface area contributed by atoms with E-state index in [2.05, 4.69) is 44.2 Å². The average Bonchev–Trinajstić information content (AvgIpc) is 3.04. The predicted molar refractivity (Wildman–Crippen MR) is 121 cm³/mol. The number of aryl methyl sites for hydroxylation is 3. The molecule has 0 bridgehead atoms. The van der Waals surface area contributed by atoms with Crippen LogP contribution in [-0.2, 0) is 11.3 Å². The van der Waals surface area contributed by atoms with Gasteiger partial charge in [-0.25, -0.2) is 4.98 Å². The molecule has 0 aliphatic heterocycles. The van der Waals surface area contributed by atoms with Crippen molar-refractivity contribution in [3.8, 4) is 22.5 Å². The first kappa shape index (κ1) is 19.6. The fourth-order valence-corrected chi connectivity index (χ4v) is 4.69. The number of aromatic nitrogens is 2.